The summed E-state index contributed by atoms with van der Waals surface area (Å²) in [5, 5.41) is 6.32. The molecular weight excluding hydrogens is 268 g/mol. The highest BCUT2D eigenvalue weighted by Gasteiger charge is 2.04. The molecule has 0 heterocycles. The highest BCUT2D eigenvalue weighted by atomic mass is 14.9. The first-order valence-electron chi connectivity index (χ1n) is 7.73. The van der Waals surface area contributed by atoms with E-state index in [0.717, 1.165) is 12.1 Å². The Morgan fingerprint density at radius 1 is 1.23 bits per heavy atom. The van der Waals surface area contributed by atoms with Gasteiger partial charge in [-0.3, -0.25) is 0 Å². The van der Waals surface area contributed by atoms with Crippen molar-refractivity contribution < 1.29 is 0 Å². The molecular formula is C20H30N2. The molecule has 2 nitrogen and oxygen atoms in total. The van der Waals surface area contributed by atoms with Gasteiger partial charge < -0.3 is 10.6 Å². The minimum atomic E-state index is 0.248. The van der Waals surface area contributed by atoms with Crippen molar-refractivity contribution in [2.75, 3.05) is 7.05 Å². The SMILES string of the molecule is C=C.C=C(/C=C\NC)NC(C)c1ccc(/C=C/CCC)cc1. The molecule has 0 aliphatic heterocycles. The molecule has 2 heteroatoms. The predicted octanol–water partition coefficient (Wildman–Crippen LogP) is 5.20. The van der Waals surface area contributed by atoms with Crippen LogP contribution in [0.5, 0.6) is 0 Å². The lowest BCUT2D eigenvalue weighted by molar-refractivity contribution is 0.666. The molecule has 0 saturated heterocycles. The number of rotatable bonds is 8. The summed E-state index contributed by atoms with van der Waals surface area (Å²) in [5.74, 6) is 0. The van der Waals surface area contributed by atoms with Gasteiger partial charge in [-0.1, -0.05) is 56.3 Å². The van der Waals surface area contributed by atoms with Crippen LogP contribution in [0.1, 0.15) is 43.9 Å². The third-order valence-corrected chi connectivity index (χ3v) is 3.06. The van der Waals surface area contributed by atoms with Gasteiger partial charge >= 0.3 is 0 Å². The van der Waals surface area contributed by atoms with Crippen LogP contribution in [0.2, 0.25) is 0 Å². The quantitative estimate of drug-likeness (QED) is 0.509. The van der Waals surface area contributed by atoms with Crippen molar-refractivity contribution in [3.63, 3.8) is 0 Å². The molecule has 0 aliphatic rings. The summed E-state index contributed by atoms with van der Waals surface area (Å²) in [6, 6.07) is 8.90. The van der Waals surface area contributed by atoms with E-state index < -0.39 is 0 Å². The molecule has 1 unspecified atom stereocenters. The third kappa shape index (κ3) is 8.15. The zero-order chi connectivity index (χ0) is 16.8. The highest BCUT2D eigenvalue weighted by Crippen LogP contribution is 2.15. The maximum Gasteiger partial charge on any atom is 0.0485 e. The summed E-state index contributed by atoms with van der Waals surface area (Å²) in [6.45, 7) is 14.3. The molecule has 1 aromatic carbocycles. The van der Waals surface area contributed by atoms with Crippen molar-refractivity contribution in [2.45, 2.75) is 32.7 Å². The Hall–Kier alpha value is -2.22. The number of hydrogen-bond acceptors (Lipinski definition) is 2. The summed E-state index contributed by atoms with van der Waals surface area (Å²) in [6.07, 6.45) is 10.5. The van der Waals surface area contributed by atoms with Crippen molar-refractivity contribution in [1.82, 2.24) is 10.6 Å². The number of benzene rings is 1. The number of nitrogens with one attached hydrogen (secondary N) is 2. The topological polar surface area (TPSA) is 24.1 Å². The zero-order valence-corrected chi connectivity index (χ0v) is 14.2. The van der Waals surface area contributed by atoms with Crippen LogP contribution in [-0.2, 0) is 0 Å². The summed E-state index contributed by atoms with van der Waals surface area (Å²) < 4.78 is 0. The first kappa shape index (κ1) is 19.8. The maximum atomic E-state index is 3.98. The van der Waals surface area contributed by atoms with Crippen molar-refractivity contribution in [1.29, 1.82) is 0 Å². The molecule has 0 fully saturated rings. The molecule has 0 saturated carbocycles. The largest absolute Gasteiger partial charge is 0.394 e. The van der Waals surface area contributed by atoms with Gasteiger partial charge in [0, 0.05) is 18.8 Å². The number of hydrogen-bond donors (Lipinski definition) is 2. The van der Waals surface area contributed by atoms with Gasteiger partial charge in [-0.05, 0) is 36.7 Å². The third-order valence-electron chi connectivity index (χ3n) is 3.06. The maximum absolute atomic E-state index is 3.98. The van der Waals surface area contributed by atoms with Crippen molar-refractivity contribution >= 4 is 6.08 Å². The molecule has 120 valence electrons. The smallest absolute Gasteiger partial charge is 0.0485 e. The second kappa shape index (κ2) is 12.5. The second-order valence-corrected chi connectivity index (χ2v) is 4.87. The zero-order valence-electron chi connectivity index (χ0n) is 14.2. The van der Waals surface area contributed by atoms with Crippen LogP contribution in [0.3, 0.4) is 0 Å². The monoisotopic (exact) mass is 298 g/mol. The fraction of sp³-hybridized carbons (Fsp3) is 0.300. The van der Waals surface area contributed by atoms with Gasteiger partial charge in [0.25, 0.3) is 0 Å². The standard InChI is InChI=1S/C18H26N2.C2H4/c1-5-6-7-8-17-9-11-18(12-10-17)16(3)20-15(2)13-14-19-4;1-2/h7-14,16,19-20H,2,5-6H2,1,3-4H3;1-2H2/b8-7+,14-13-;. The molecule has 22 heavy (non-hydrogen) atoms. The first-order valence-corrected chi connectivity index (χ1v) is 7.73. The molecule has 0 spiro atoms. The van der Waals surface area contributed by atoms with Gasteiger partial charge in [-0.2, -0.15) is 0 Å². The van der Waals surface area contributed by atoms with Gasteiger partial charge in [0.1, 0.15) is 0 Å². The van der Waals surface area contributed by atoms with Crippen LogP contribution >= 0.6 is 0 Å². The van der Waals surface area contributed by atoms with Gasteiger partial charge in [0.05, 0.1) is 0 Å². The Morgan fingerprint density at radius 3 is 2.41 bits per heavy atom. The fourth-order valence-corrected chi connectivity index (χ4v) is 1.88. The van der Waals surface area contributed by atoms with E-state index in [-0.39, 0.29) is 6.04 Å². The van der Waals surface area contributed by atoms with E-state index in [0.29, 0.717) is 0 Å². The summed E-state index contributed by atoms with van der Waals surface area (Å²) in [5.41, 5.74) is 3.42. The van der Waals surface area contributed by atoms with E-state index in [2.05, 4.69) is 80.6 Å². The Labute approximate surface area is 136 Å². The molecule has 2 N–H and O–H groups in total. The van der Waals surface area contributed by atoms with Crippen LogP contribution < -0.4 is 10.6 Å². The van der Waals surface area contributed by atoms with Crippen LogP contribution in [-0.4, -0.2) is 7.05 Å². The lowest BCUT2D eigenvalue weighted by Crippen LogP contribution is -2.16. The van der Waals surface area contributed by atoms with Gasteiger partial charge in [0.2, 0.25) is 0 Å². The molecule has 1 atom stereocenters. The van der Waals surface area contributed by atoms with Crippen molar-refractivity contribution in [3.05, 3.63) is 79.2 Å². The fourth-order valence-electron chi connectivity index (χ4n) is 1.88. The van der Waals surface area contributed by atoms with Crippen LogP contribution in [0.15, 0.2) is 68.1 Å². The Kier molecular flexibility index (Phi) is 11.3. The van der Waals surface area contributed by atoms with E-state index >= 15 is 0 Å². The molecule has 1 rings (SSSR count). The average molecular weight is 298 g/mol. The van der Waals surface area contributed by atoms with E-state index in [1.807, 2.05) is 19.3 Å². The van der Waals surface area contributed by atoms with Crippen molar-refractivity contribution in [2.24, 2.45) is 0 Å². The lowest BCUT2D eigenvalue weighted by atomic mass is 10.1. The lowest BCUT2D eigenvalue weighted by Gasteiger charge is -2.16. The van der Waals surface area contributed by atoms with Gasteiger partial charge in [0.15, 0.2) is 0 Å². The normalized spacial score (nSPS) is 11.8. The summed E-state index contributed by atoms with van der Waals surface area (Å²) >= 11 is 0. The molecule has 0 radical (unpaired) electrons. The van der Waals surface area contributed by atoms with E-state index in [9.17, 15) is 0 Å². The number of allylic oxidation sites excluding steroid dienone is 2. The van der Waals surface area contributed by atoms with Crippen molar-refractivity contribution in [3.8, 4) is 0 Å². The van der Waals surface area contributed by atoms with Crippen LogP contribution in [0.4, 0.5) is 0 Å². The molecule has 1 aromatic rings. The minimum absolute atomic E-state index is 0.248. The van der Waals surface area contributed by atoms with Gasteiger partial charge in [-0.15, -0.1) is 13.2 Å². The van der Waals surface area contributed by atoms with E-state index in [1.54, 1.807) is 0 Å². The minimum Gasteiger partial charge on any atom is -0.394 e. The molecule has 0 aliphatic carbocycles. The molecule has 0 bridgehead atoms. The number of unbranched alkanes of at least 4 members (excludes halogenated alkanes) is 1. The van der Waals surface area contributed by atoms with Crippen LogP contribution in [0, 0.1) is 0 Å². The second-order valence-electron chi connectivity index (χ2n) is 4.87. The summed E-state index contributed by atoms with van der Waals surface area (Å²) in [4.78, 5) is 0. The Balaban J connectivity index is 0.00000211. The van der Waals surface area contributed by atoms with E-state index in [4.69, 9.17) is 0 Å². The Morgan fingerprint density at radius 2 is 1.86 bits per heavy atom. The summed E-state index contributed by atoms with van der Waals surface area (Å²) in [7, 11) is 1.87. The predicted molar refractivity (Wildman–Crippen MR) is 101 cm³/mol. The Bertz CT molecular complexity index is 469. The van der Waals surface area contributed by atoms with Gasteiger partial charge in [-0.25, -0.2) is 0 Å². The highest BCUT2D eigenvalue weighted by molar-refractivity contribution is 5.49. The molecule has 0 aromatic heterocycles. The van der Waals surface area contributed by atoms with Crippen LogP contribution in [0.25, 0.3) is 6.08 Å². The average Bonchev–Trinajstić information content (AvgIpc) is 2.55. The molecule has 0 amide bonds. The van der Waals surface area contributed by atoms with E-state index in [1.165, 1.54) is 17.5 Å². The first-order chi connectivity index (χ1) is 10.7.